The minimum Gasteiger partial charge on any atom is -0.378 e. The molecule has 8 nitrogen and oxygen atoms in total. The summed E-state index contributed by atoms with van der Waals surface area (Å²) >= 11 is 0. The van der Waals surface area contributed by atoms with E-state index in [1.54, 1.807) is 19.1 Å². The van der Waals surface area contributed by atoms with Crippen molar-refractivity contribution < 1.29 is 26.7 Å². The molecule has 1 amide bonds. The summed E-state index contributed by atoms with van der Waals surface area (Å²) in [5, 5.41) is 0.271. The first-order valence-electron chi connectivity index (χ1n) is 15.1. The number of morpholine rings is 1. The van der Waals surface area contributed by atoms with Gasteiger partial charge in [-0.25, -0.2) is 31.1 Å². The number of pyridine rings is 2. The monoisotopic (exact) mass is 622 g/mol. The summed E-state index contributed by atoms with van der Waals surface area (Å²) in [5.74, 6) is -0.511. The van der Waals surface area contributed by atoms with Crippen LogP contribution in [0.4, 0.5) is 8.78 Å². The van der Waals surface area contributed by atoms with Crippen LogP contribution in [-0.2, 0) is 26.0 Å². The van der Waals surface area contributed by atoms with Gasteiger partial charge in [0.1, 0.15) is 11.6 Å². The molecule has 0 N–H and O–H groups in total. The van der Waals surface area contributed by atoms with Crippen molar-refractivity contribution in [1.29, 1.82) is 0 Å². The summed E-state index contributed by atoms with van der Waals surface area (Å²) in [6.07, 6.45) is 6.91. The lowest BCUT2D eigenvalue weighted by Gasteiger charge is -2.32. The van der Waals surface area contributed by atoms with Crippen molar-refractivity contribution in [3.63, 3.8) is 0 Å². The number of carbonyl (C=O) groups excluding carboxylic acids is 1. The number of hydrogen-bond acceptors (Lipinski definition) is 6. The SMILES string of the molecule is Cc1ccc(S(=O)(=O)n2cc(-c3nc(CC4CCC[C@@H](CC(=O)N5CCOCC5)C4)c(F)cc3C)c3cc(F)cnc32)cc1. The molecule has 2 fully saturated rings. The molecule has 1 aliphatic heterocycles. The normalized spacial score (nSPS) is 19.4. The van der Waals surface area contributed by atoms with Gasteiger partial charge in [-0.3, -0.25) is 4.79 Å². The zero-order valence-corrected chi connectivity index (χ0v) is 25.7. The minimum atomic E-state index is -4.07. The van der Waals surface area contributed by atoms with Crippen LogP contribution in [0.5, 0.6) is 0 Å². The fourth-order valence-corrected chi connectivity index (χ4v) is 7.84. The number of ether oxygens (including phenoxy) is 1. The minimum absolute atomic E-state index is 0.0640. The average molecular weight is 623 g/mol. The first-order chi connectivity index (χ1) is 21.1. The molecule has 1 aliphatic carbocycles. The topological polar surface area (TPSA) is 94.4 Å². The number of aromatic nitrogens is 3. The summed E-state index contributed by atoms with van der Waals surface area (Å²) in [6, 6.07) is 9.10. The van der Waals surface area contributed by atoms with E-state index in [2.05, 4.69) is 4.98 Å². The Morgan fingerprint density at radius 3 is 2.52 bits per heavy atom. The molecule has 44 heavy (non-hydrogen) atoms. The zero-order chi connectivity index (χ0) is 31.0. The highest BCUT2D eigenvalue weighted by Crippen LogP contribution is 2.37. The van der Waals surface area contributed by atoms with Crippen molar-refractivity contribution in [3.05, 3.63) is 77.2 Å². The highest BCUT2D eigenvalue weighted by molar-refractivity contribution is 7.90. The number of nitrogens with zero attached hydrogens (tertiary/aromatic N) is 4. The van der Waals surface area contributed by atoms with Gasteiger partial charge in [-0.05, 0) is 74.8 Å². The molecule has 1 saturated carbocycles. The van der Waals surface area contributed by atoms with Crippen LogP contribution in [0.3, 0.4) is 0 Å². The molecule has 1 aromatic carbocycles. The lowest BCUT2D eigenvalue weighted by atomic mass is 9.77. The van der Waals surface area contributed by atoms with E-state index in [1.165, 1.54) is 30.5 Å². The number of benzene rings is 1. The number of hydrogen-bond donors (Lipinski definition) is 0. The van der Waals surface area contributed by atoms with Crippen LogP contribution in [0.15, 0.2) is 53.7 Å². The van der Waals surface area contributed by atoms with Crippen LogP contribution in [0.1, 0.15) is 48.9 Å². The standard InChI is InChI=1S/C33H36F2N4O4S/c1-21-6-8-26(9-7-21)44(41,42)39-20-28(27-18-25(34)19-36-33(27)39)32-22(2)14-29(35)30(37-32)16-23-4-3-5-24(15-23)17-31(40)38-10-12-43-13-11-38/h6-9,14,18-20,23-24H,3-5,10-13,15-17H2,1-2H3/t23?,24-/m1/s1. The molecule has 11 heteroatoms. The largest absolute Gasteiger partial charge is 0.378 e. The molecule has 4 aromatic rings. The van der Waals surface area contributed by atoms with Gasteiger partial charge in [0.25, 0.3) is 10.0 Å². The number of carbonyl (C=O) groups is 1. The molecular formula is C33H36F2N4O4S. The van der Waals surface area contributed by atoms with Crippen molar-refractivity contribution in [2.24, 2.45) is 11.8 Å². The molecule has 0 radical (unpaired) electrons. The Morgan fingerprint density at radius 2 is 1.77 bits per heavy atom. The van der Waals surface area contributed by atoms with Gasteiger partial charge in [0, 0.05) is 36.7 Å². The first kappa shape index (κ1) is 30.3. The zero-order valence-electron chi connectivity index (χ0n) is 24.9. The Labute approximate surface area is 256 Å². The third kappa shape index (κ3) is 6.12. The van der Waals surface area contributed by atoms with Crippen molar-refractivity contribution in [2.45, 2.75) is 57.3 Å². The Hall–Kier alpha value is -3.70. The summed E-state index contributed by atoms with van der Waals surface area (Å²) in [4.78, 5) is 23.7. The van der Waals surface area contributed by atoms with E-state index in [4.69, 9.17) is 9.72 Å². The second kappa shape index (κ2) is 12.4. The van der Waals surface area contributed by atoms with Crippen LogP contribution < -0.4 is 0 Å². The summed E-state index contributed by atoms with van der Waals surface area (Å²) in [5.41, 5.74) is 2.50. The molecule has 2 aliphatic rings. The highest BCUT2D eigenvalue weighted by Gasteiger charge is 2.29. The smallest absolute Gasteiger partial charge is 0.269 e. The van der Waals surface area contributed by atoms with Crippen molar-refractivity contribution >= 4 is 27.0 Å². The molecule has 6 rings (SSSR count). The molecule has 0 spiro atoms. The van der Waals surface area contributed by atoms with Gasteiger partial charge in [-0.1, -0.05) is 30.5 Å². The summed E-state index contributed by atoms with van der Waals surface area (Å²) in [6.45, 7) is 5.95. The van der Waals surface area contributed by atoms with Crippen LogP contribution in [0.25, 0.3) is 22.3 Å². The number of rotatable bonds is 7. The van der Waals surface area contributed by atoms with Crippen LogP contribution in [-0.4, -0.2) is 59.5 Å². The molecule has 1 saturated heterocycles. The lowest BCUT2D eigenvalue weighted by molar-refractivity contribution is -0.136. The van der Waals surface area contributed by atoms with Crippen molar-refractivity contribution in [3.8, 4) is 11.3 Å². The Bertz CT molecular complexity index is 1800. The Morgan fingerprint density at radius 1 is 1.05 bits per heavy atom. The fourth-order valence-electron chi connectivity index (χ4n) is 6.52. The molecule has 0 bridgehead atoms. The summed E-state index contributed by atoms with van der Waals surface area (Å²) in [7, 11) is -4.07. The molecule has 3 aromatic heterocycles. The van der Waals surface area contributed by atoms with Gasteiger partial charge >= 0.3 is 0 Å². The first-order valence-corrected chi connectivity index (χ1v) is 16.5. The predicted octanol–water partition coefficient (Wildman–Crippen LogP) is 5.83. The number of fused-ring (bicyclic) bond motifs is 1. The second-order valence-electron chi connectivity index (χ2n) is 12.1. The molecule has 4 heterocycles. The maximum atomic E-state index is 15.4. The molecule has 232 valence electrons. The average Bonchev–Trinajstić information content (AvgIpc) is 3.38. The molecular weight excluding hydrogens is 586 g/mol. The van der Waals surface area contributed by atoms with E-state index in [-0.39, 0.29) is 39.4 Å². The van der Waals surface area contributed by atoms with E-state index in [1.807, 2.05) is 11.8 Å². The number of amides is 1. The van der Waals surface area contributed by atoms with Crippen LogP contribution in [0, 0.1) is 37.3 Å². The molecule has 2 atom stereocenters. The van der Waals surface area contributed by atoms with Crippen molar-refractivity contribution in [2.75, 3.05) is 26.3 Å². The van der Waals surface area contributed by atoms with Crippen molar-refractivity contribution in [1.82, 2.24) is 18.8 Å². The summed E-state index contributed by atoms with van der Waals surface area (Å²) < 4.78 is 63.6. The maximum Gasteiger partial charge on any atom is 0.269 e. The number of aryl methyl sites for hydroxylation is 2. The van der Waals surface area contributed by atoms with E-state index in [0.29, 0.717) is 56.0 Å². The lowest BCUT2D eigenvalue weighted by Crippen LogP contribution is -2.41. The van der Waals surface area contributed by atoms with E-state index >= 15 is 4.39 Å². The van der Waals surface area contributed by atoms with Crippen LogP contribution in [0.2, 0.25) is 0 Å². The Balaban J connectivity index is 1.30. The van der Waals surface area contributed by atoms with Gasteiger partial charge in [-0.2, -0.15) is 0 Å². The second-order valence-corrected chi connectivity index (χ2v) is 13.9. The van der Waals surface area contributed by atoms with Gasteiger partial charge in [0.05, 0.1) is 35.7 Å². The van der Waals surface area contributed by atoms with Gasteiger partial charge < -0.3 is 9.64 Å². The molecule has 1 unspecified atom stereocenters. The van der Waals surface area contributed by atoms with Gasteiger partial charge in [0.2, 0.25) is 5.91 Å². The maximum absolute atomic E-state index is 15.4. The van der Waals surface area contributed by atoms with E-state index < -0.39 is 21.7 Å². The highest BCUT2D eigenvalue weighted by atomic mass is 32.2. The third-order valence-electron chi connectivity index (χ3n) is 8.85. The Kier molecular flexibility index (Phi) is 8.52. The van der Waals surface area contributed by atoms with Crippen LogP contribution >= 0.6 is 0 Å². The number of halogens is 2. The quantitative estimate of drug-likeness (QED) is 0.258. The third-order valence-corrected chi connectivity index (χ3v) is 10.5. The van der Waals surface area contributed by atoms with E-state index in [0.717, 1.165) is 41.4 Å². The van der Waals surface area contributed by atoms with E-state index in [9.17, 15) is 17.6 Å². The fraction of sp³-hybridized carbons (Fsp3) is 0.424. The predicted molar refractivity (Wildman–Crippen MR) is 163 cm³/mol. The van der Waals surface area contributed by atoms with Gasteiger partial charge in [0.15, 0.2) is 5.65 Å². The van der Waals surface area contributed by atoms with Gasteiger partial charge in [-0.15, -0.1) is 0 Å².